The SMILES string of the molecule is CC1(C)c2cc(N(c3ccccc3)c3ccc4c(c3)c3ccccc3n4-c3ccccc3)ccc2-c2cc3c4ccccc4c(N(c4ccccc4)c4ccccc4)cc3c3cccc1c23. The lowest BCUT2D eigenvalue weighted by Crippen LogP contribution is -2.24. The Morgan fingerprint density at radius 2 is 0.848 bits per heavy atom. The van der Waals surface area contributed by atoms with Crippen LogP contribution in [-0.4, -0.2) is 4.57 Å². The van der Waals surface area contributed by atoms with E-state index in [9.17, 15) is 0 Å². The zero-order chi connectivity index (χ0) is 43.9. The molecule has 0 radical (unpaired) electrons. The summed E-state index contributed by atoms with van der Waals surface area (Å²) in [5.74, 6) is 0. The molecule has 0 aliphatic heterocycles. The van der Waals surface area contributed by atoms with Gasteiger partial charge in [-0.2, -0.15) is 0 Å². The maximum atomic E-state index is 2.49. The van der Waals surface area contributed by atoms with E-state index in [2.05, 4.69) is 265 Å². The molecule has 0 saturated heterocycles. The molecule has 1 aliphatic carbocycles. The van der Waals surface area contributed by atoms with E-state index in [-0.39, 0.29) is 5.41 Å². The fourth-order valence-corrected chi connectivity index (χ4v) is 11.1. The van der Waals surface area contributed by atoms with Crippen molar-refractivity contribution in [3.63, 3.8) is 0 Å². The number of fused-ring (bicyclic) bond motifs is 9. The number of hydrogen-bond donors (Lipinski definition) is 0. The van der Waals surface area contributed by atoms with Crippen LogP contribution in [0.2, 0.25) is 0 Å². The summed E-state index contributed by atoms with van der Waals surface area (Å²) in [6.45, 7) is 4.82. The molecular weight excluding hydrogens is 799 g/mol. The molecule has 0 atom stereocenters. The van der Waals surface area contributed by atoms with Crippen molar-refractivity contribution in [2.75, 3.05) is 9.80 Å². The number of hydrogen-bond acceptors (Lipinski definition) is 2. The molecule has 1 heterocycles. The molecule has 312 valence electrons. The molecule has 1 aliphatic rings. The fourth-order valence-electron chi connectivity index (χ4n) is 11.1. The quantitative estimate of drug-likeness (QED) is 0.148. The lowest BCUT2D eigenvalue weighted by Gasteiger charge is -2.37. The summed E-state index contributed by atoms with van der Waals surface area (Å²) in [5.41, 5.74) is 15.3. The normalized spacial score (nSPS) is 12.8. The second-order valence-corrected chi connectivity index (χ2v) is 18.1. The van der Waals surface area contributed by atoms with Crippen LogP contribution in [0.1, 0.15) is 25.0 Å². The van der Waals surface area contributed by atoms with E-state index in [0.29, 0.717) is 0 Å². The topological polar surface area (TPSA) is 11.4 Å². The maximum absolute atomic E-state index is 2.49. The second kappa shape index (κ2) is 14.8. The molecule has 66 heavy (non-hydrogen) atoms. The van der Waals surface area contributed by atoms with Crippen LogP contribution >= 0.6 is 0 Å². The summed E-state index contributed by atoms with van der Waals surface area (Å²) < 4.78 is 2.39. The first-order valence-electron chi connectivity index (χ1n) is 22.9. The number of rotatable bonds is 7. The average Bonchev–Trinajstić information content (AvgIpc) is 3.71. The molecule has 0 amide bonds. The highest BCUT2D eigenvalue weighted by molar-refractivity contribution is 6.25. The first-order chi connectivity index (χ1) is 32.5. The fraction of sp³-hybridized carbons (Fsp3) is 0.0476. The third-order valence-electron chi connectivity index (χ3n) is 14.1. The van der Waals surface area contributed by atoms with Crippen LogP contribution in [0.4, 0.5) is 34.1 Å². The molecule has 0 fully saturated rings. The lowest BCUT2D eigenvalue weighted by molar-refractivity contribution is 0.645. The van der Waals surface area contributed by atoms with Gasteiger partial charge in [0.05, 0.1) is 16.7 Å². The van der Waals surface area contributed by atoms with Crippen molar-refractivity contribution < 1.29 is 0 Å². The molecule has 12 aromatic rings. The Balaban J connectivity index is 1.02. The highest BCUT2D eigenvalue weighted by Gasteiger charge is 2.35. The van der Waals surface area contributed by atoms with Gasteiger partial charge in [-0.05, 0) is 146 Å². The largest absolute Gasteiger partial charge is 0.310 e. The smallest absolute Gasteiger partial charge is 0.0546 e. The van der Waals surface area contributed by atoms with Gasteiger partial charge in [-0.15, -0.1) is 0 Å². The van der Waals surface area contributed by atoms with Gasteiger partial charge >= 0.3 is 0 Å². The number of aromatic nitrogens is 1. The number of nitrogens with zero attached hydrogens (tertiary/aromatic N) is 3. The van der Waals surface area contributed by atoms with Gasteiger partial charge in [-0.25, -0.2) is 0 Å². The zero-order valence-corrected chi connectivity index (χ0v) is 36.9. The monoisotopic (exact) mass is 843 g/mol. The average molecular weight is 844 g/mol. The van der Waals surface area contributed by atoms with Crippen molar-refractivity contribution in [3.05, 3.63) is 248 Å². The summed E-state index contributed by atoms with van der Waals surface area (Å²) >= 11 is 0. The number of para-hydroxylation sites is 5. The molecule has 3 heteroatoms. The van der Waals surface area contributed by atoms with E-state index >= 15 is 0 Å². The first-order valence-corrected chi connectivity index (χ1v) is 22.9. The lowest BCUT2D eigenvalue weighted by atomic mass is 9.68. The zero-order valence-electron chi connectivity index (χ0n) is 36.9. The van der Waals surface area contributed by atoms with Crippen LogP contribution in [0.5, 0.6) is 0 Å². The van der Waals surface area contributed by atoms with E-state index in [4.69, 9.17) is 0 Å². The summed E-state index contributed by atoms with van der Waals surface area (Å²) in [7, 11) is 0. The van der Waals surface area contributed by atoms with E-state index < -0.39 is 0 Å². The highest BCUT2D eigenvalue weighted by Crippen LogP contribution is 2.54. The Morgan fingerprint density at radius 1 is 0.318 bits per heavy atom. The standard InChI is InChI=1S/C63H45N3/c1-63(2)57-32-19-31-52-54-41-61(65(43-22-9-4-10-23-43)44-24-11-5-12-25-44)50-29-16-15-28-48(50)53(54)40-56(62(52)57)49-36-34-47(39-58(49)63)64(42-20-7-3-8-21-42)46-35-37-60-55(38-46)51-30-17-18-33-59(51)66(60)45-26-13-6-14-27-45/h3-41H,1-2H3. The third-order valence-corrected chi connectivity index (χ3v) is 14.1. The summed E-state index contributed by atoms with van der Waals surface area (Å²) in [4.78, 5) is 4.84. The third kappa shape index (κ3) is 5.76. The van der Waals surface area contributed by atoms with E-state index in [1.54, 1.807) is 0 Å². The predicted molar refractivity (Wildman–Crippen MR) is 280 cm³/mol. The van der Waals surface area contributed by atoms with Gasteiger partial charge in [0.2, 0.25) is 0 Å². The Kier molecular flexibility index (Phi) is 8.56. The van der Waals surface area contributed by atoms with Gasteiger partial charge < -0.3 is 14.4 Å². The van der Waals surface area contributed by atoms with Gasteiger partial charge in [0.25, 0.3) is 0 Å². The van der Waals surface area contributed by atoms with Gasteiger partial charge in [-0.3, -0.25) is 0 Å². The van der Waals surface area contributed by atoms with Crippen molar-refractivity contribution in [1.82, 2.24) is 4.57 Å². The Hall–Kier alpha value is -8.40. The van der Waals surface area contributed by atoms with Crippen LogP contribution in [0.25, 0.3) is 70.9 Å². The molecule has 0 bridgehead atoms. The van der Waals surface area contributed by atoms with E-state index in [0.717, 1.165) is 34.1 Å². The minimum Gasteiger partial charge on any atom is -0.310 e. The van der Waals surface area contributed by atoms with Crippen LogP contribution in [0.15, 0.2) is 237 Å². The van der Waals surface area contributed by atoms with Gasteiger partial charge in [0.15, 0.2) is 0 Å². The van der Waals surface area contributed by atoms with Gasteiger partial charge in [0, 0.05) is 55.7 Å². The van der Waals surface area contributed by atoms with Crippen molar-refractivity contribution in [1.29, 1.82) is 0 Å². The molecule has 3 nitrogen and oxygen atoms in total. The van der Waals surface area contributed by atoms with Crippen molar-refractivity contribution in [2.24, 2.45) is 0 Å². The molecule has 11 aromatic carbocycles. The van der Waals surface area contributed by atoms with Crippen LogP contribution in [0, 0.1) is 0 Å². The second-order valence-electron chi connectivity index (χ2n) is 18.1. The Morgan fingerprint density at radius 3 is 1.55 bits per heavy atom. The van der Waals surface area contributed by atoms with Gasteiger partial charge in [0.1, 0.15) is 0 Å². The molecule has 1 aromatic heterocycles. The van der Waals surface area contributed by atoms with E-state index in [1.165, 1.54) is 82.1 Å². The molecule has 0 spiro atoms. The predicted octanol–water partition coefficient (Wildman–Crippen LogP) is 17.5. The molecule has 0 N–H and O–H groups in total. The van der Waals surface area contributed by atoms with Crippen molar-refractivity contribution >= 4 is 88.2 Å². The Labute approximate surface area is 384 Å². The van der Waals surface area contributed by atoms with Crippen LogP contribution in [-0.2, 0) is 5.41 Å². The van der Waals surface area contributed by atoms with Gasteiger partial charge in [-0.1, -0.05) is 153 Å². The minimum absolute atomic E-state index is 0.291. The number of anilines is 6. The molecule has 0 saturated carbocycles. The highest BCUT2D eigenvalue weighted by atomic mass is 15.1. The van der Waals surface area contributed by atoms with Crippen LogP contribution in [0.3, 0.4) is 0 Å². The summed E-state index contributed by atoms with van der Waals surface area (Å²) in [5, 5.41) is 10.1. The maximum Gasteiger partial charge on any atom is 0.0546 e. The van der Waals surface area contributed by atoms with Crippen molar-refractivity contribution in [3.8, 4) is 16.8 Å². The van der Waals surface area contributed by atoms with Crippen LogP contribution < -0.4 is 9.80 Å². The summed E-state index contributed by atoms with van der Waals surface area (Å²) in [6.07, 6.45) is 0. The Bertz CT molecular complexity index is 3790. The summed E-state index contributed by atoms with van der Waals surface area (Å²) in [6, 6.07) is 86.8. The number of benzene rings is 11. The molecule has 13 rings (SSSR count). The van der Waals surface area contributed by atoms with Crippen molar-refractivity contribution in [2.45, 2.75) is 19.3 Å². The molecular formula is C63H45N3. The minimum atomic E-state index is -0.291. The van der Waals surface area contributed by atoms with E-state index in [1.807, 2.05) is 0 Å². The molecule has 0 unspecified atom stereocenters. The first kappa shape index (κ1) is 38.1.